The highest BCUT2D eigenvalue weighted by atomic mass is 19.1. The number of aromatic amines is 1. The van der Waals surface area contributed by atoms with Crippen molar-refractivity contribution in [2.45, 2.75) is 31.8 Å². The van der Waals surface area contributed by atoms with E-state index in [4.69, 9.17) is 5.73 Å². The summed E-state index contributed by atoms with van der Waals surface area (Å²) in [6.07, 6.45) is 3.16. The van der Waals surface area contributed by atoms with Gasteiger partial charge >= 0.3 is 0 Å². The van der Waals surface area contributed by atoms with Crippen LogP contribution in [-0.4, -0.2) is 27.8 Å². The highest BCUT2D eigenvalue weighted by Crippen LogP contribution is 2.30. The van der Waals surface area contributed by atoms with Crippen LogP contribution < -0.4 is 16.4 Å². The van der Waals surface area contributed by atoms with E-state index in [0.717, 1.165) is 35.2 Å². The molecule has 2 amide bonds. The molecule has 7 nitrogen and oxygen atoms in total. The maximum Gasteiger partial charge on any atom is 0.268 e. The summed E-state index contributed by atoms with van der Waals surface area (Å²) in [5, 5.41) is 5.67. The molecule has 1 aliphatic rings. The highest BCUT2D eigenvalue weighted by molar-refractivity contribution is 5.97. The molecule has 3 aromatic rings. The Labute approximate surface area is 172 Å². The monoisotopic (exact) mass is 407 g/mol. The molecule has 4 rings (SSSR count). The highest BCUT2D eigenvalue weighted by Gasteiger charge is 2.27. The Balaban J connectivity index is 1.37. The van der Waals surface area contributed by atoms with Crippen molar-refractivity contribution >= 4 is 17.6 Å². The van der Waals surface area contributed by atoms with Gasteiger partial charge in [0.25, 0.3) is 5.91 Å². The third-order valence-electron chi connectivity index (χ3n) is 5.24. The summed E-state index contributed by atoms with van der Waals surface area (Å²) >= 11 is 0. The Morgan fingerprint density at radius 1 is 1.20 bits per heavy atom. The molecule has 0 saturated heterocycles. The van der Waals surface area contributed by atoms with Crippen LogP contribution in [-0.2, 0) is 11.2 Å². The zero-order valence-electron chi connectivity index (χ0n) is 16.4. The molecule has 0 bridgehead atoms. The number of carbonyl (C=O) groups is 2. The van der Waals surface area contributed by atoms with Crippen molar-refractivity contribution in [2.75, 3.05) is 5.73 Å². The average molecular weight is 407 g/mol. The van der Waals surface area contributed by atoms with Gasteiger partial charge in [-0.3, -0.25) is 9.59 Å². The number of pyridine rings is 1. The van der Waals surface area contributed by atoms with Crippen LogP contribution in [0.1, 0.15) is 41.1 Å². The maximum atomic E-state index is 13.1. The molecule has 30 heavy (non-hydrogen) atoms. The van der Waals surface area contributed by atoms with Crippen molar-refractivity contribution in [3.05, 3.63) is 71.4 Å². The number of nitrogen functional groups attached to an aromatic ring is 1. The number of rotatable bonds is 5. The summed E-state index contributed by atoms with van der Waals surface area (Å²) in [4.78, 5) is 32.3. The SMILES string of the molecule is CC(NC(=O)c1cc(-c2ccc(F)cc2)c[nH]1)C(=O)N[C@H]1CCc2nc(N)ccc21. The van der Waals surface area contributed by atoms with Crippen molar-refractivity contribution in [1.29, 1.82) is 0 Å². The van der Waals surface area contributed by atoms with Crippen LogP contribution in [0.4, 0.5) is 10.2 Å². The lowest BCUT2D eigenvalue weighted by molar-refractivity contribution is -0.123. The minimum absolute atomic E-state index is 0.143. The number of aromatic nitrogens is 2. The van der Waals surface area contributed by atoms with Crippen LogP contribution in [0.3, 0.4) is 0 Å². The van der Waals surface area contributed by atoms with Gasteiger partial charge in [-0.1, -0.05) is 18.2 Å². The van der Waals surface area contributed by atoms with E-state index in [9.17, 15) is 14.0 Å². The normalized spacial score (nSPS) is 16.0. The third-order valence-corrected chi connectivity index (χ3v) is 5.24. The first-order valence-electron chi connectivity index (χ1n) is 9.71. The van der Waals surface area contributed by atoms with E-state index in [1.807, 2.05) is 6.07 Å². The molecule has 0 fully saturated rings. The van der Waals surface area contributed by atoms with Crippen LogP contribution in [0.15, 0.2) is 48.7 Å². The van der Waals surface area contributed by atoms with Crippen LogP contribution in [0, 0.1) is 5.82 Å². The second-order valence-electron chi connectivity index (χ2n) is 7.38. The number of halogens is 1. The van der Waals surface area contributed by atoms with E-state index in [2.05, 4.69) is 20.6 Å². The number of benzene rings is 1. The summed E-state index contributed by atoms with van der Waals surface area (Å²) in [5.41, 5.74) is 9.44. The fourth-order valence-corrected chi connectivity index (χ4v) is 3.60. The fourth-order valence-electron chi connectivity index (χ4n) is 3.60. The third kappa shape index (κ3) is 4.03. The van der Waals surface area contributed by atoms with E-state index in [0.29, 0.717) is 11.5 Å². The molecule has 2 atom stereocenters. The molecule has 1 unspecified atom stereocenters. The number of hydrogen-bond donors (Lipinski definition) is 4. The van der Waals surface area contributed by atoms with Gasteiger partial charge in [0, 0.05) is 11.9 Å². The number of nitrogens with one attached hydrogen (secondary N) is 3. The zero-order chi connectivity index (χ0) is 21.3. The van der Waals surface area contributed by atoms with Crippen molar-refractivity contribution in [1.82, 2.24) is 20.6 Å². The standard InChI is InChI=1S/C22H22FN5O2/c1-12(21(29)28-18-8-7-17-16(18)6-9-20(24)27-17)26-22(30)19-10-14(11-25-19)13-2-4-15(23)5-3-13/h2-6,9-12,18,25H,7-8H2,1H3,(H2,24,27)(H,26,30)(H,28,29)/t12?,18-/m0/s1. The van der Waals surface area contributed by atoms with Gasteiger partial charge in [-0.15, -0.1) is 0 Å². The molecule has 0 saturated carbocycles. The first-order valence-corrected chi connectivity index (χ1v) is 9.71. The summed E-state index contributed by atoms with van der Waals surface area (Å²) in [6, 6.07) is 10.4. The molecule has 1 aliphatic carbocycles. The largest absolute Gasteiger partial charge is 0.384 e. The molecule has 8 heteroatoms. The molecule has 0 spiro atoms. The second-order valence-corrected chi connectivity index (χ2v) is 7.38. The van der Waals surface area contributed by atoms with Crippen LogP contribution in [0.25, 0.3) is 11.1 Å². The second kappa shape index (κ2) is 7.98. The Morgan fingerprint density at radius 2 is 1.97 bits per heavy atom. The predicted octanol–water partition coefficient (Wildman–Crippen LogP) is 2.72. The topological polar surface area (TPSA) is 113 Å². The fraction of sp³-hybridized carbons (Fsp3) is 0.227. The molecule has 1 aromatic carbocycles. The lowest BCUT2D eigenvalue weighted by Gasteiger charge is -2.18. The van der Waals surface area contributed by atoms with Crippen molar-refractivity contribution < 1.29 is 14.0 Å². The average Bonchev–Trinajstić information content (AvgIpc) is 3.36. The summed E-state index contributed by atoms with van der Waals surface area (Å²) in [7, 11) is 0. The lowest BCUT2D eigenvalue weighted by Crippen LogP contribution is -2.45. The molecular weight excluding hydrogens is 385 g/mol. The van der Waals surface area contributed by atoms with E-state index >= 15 is 0 Å². The minimum atomic E-state index is -0.721. The molecule has 154 valence electrons. The quantitative estimate of drug-likeness (QED) is 0.521. The first-order chi connectivity index (χ1) is 14.4. The van der Waals surface area contributed by atoms with Crippen molar-refractivity contribution in [2.24, 2.45) is 0 Å². The first kappa shape index (κ1) is 19.6. The van der Waals surface area contributed by atoms with Crippen LogP contribution in [0.5, 0.6) is 0 Å². The lowest BCUT2D eigenvalue weighted by atomic mass is 10.1. The van der Waals surface area contributed by atoms with Gasteiger partial charge in [0.05, 0.1) is 6.04 Å². The summed E-state index contributed by atoms with van der Waals surface area (Å²) in [5.74, 6) is -0.529. The van der Waals surface area contributed by atoms with Gasteiger partial charge in [-0.25, -0.2) is 9.37 Å². The number of fused-ring (bicyclic) bond motifs is 1. The Hall–Kier alpha value is -3.68. The zero-order valence-corrected chi connectivity index (χ0v) is 16.4. The number of H-pyrrole nitrogens is 1. The maximum absolute atomic E-state index is 13.1. The van der Waals surface area contributed by atoms with Crippen molar-refractivity contribution in [3.63, 3.8) is 0 Å². The molecule has 0 aliphatic heterocycles. The van der Waals surface area contributed by atoms with Crippen molar-refractivity contribution in [3.8, 4) is 11.1 Å². The van der Waals surface area contributed by atoms with E-state index < -0.39 is 11.9 Å². The van der Waals surface area contributed by atoms with E-state index in [1.165, 1.54) is 12.1 Å². The van der Waals surface area contributed by atoms with E-state index in [-0.39, 0.29) is 17.8 Å². The number of aryl methyl sites for hydroxylation is 1. The minimum Gasteiger partial charge on any atom is -0.384 e. The Kier molecular flexibility index (Phi) is 5.22. The number of carbonyl (C=O) groups excluding carboxylic acids is 2. The van der Waals surface area contributed by atoms with Crippen LogP contribution in [0.2, 0.25) is 0 Å². The smallest absolute Gasteiger partial charge is 0.268 e. The molecule has 5 N–H and O–H groups in total. The number of nitrogens with zero attached hydrogens (tertiary/aromatic N) is 1. The number of nitrogens with two attached hydrogens (primary N) is 1. The van der Waals surface area contributed by atoms with Gasteiger partial charge in [0.2, 0.25) is 5.91 Å². The van der Waals surface area contributed by atoms with Gasteiger partial charge < -0.3 is 21.4 Å². The number of amides is 2. The van der Waals surface area contributed by atoms with Gasteiger partial charge in [-0.2, -0.15) is 0 Å². The van der Waals surface area contributed by atoms with Gasteiger partial charge in [0.15, 0.2) is 0 Å². The summed E-state index contributed by atoms with van der Waals surface area (Å²) in [6.45, 7) is 1.63. The Bertz CT molecular complexity index is 1090. The van der Waals surface area contributed by atoms with Gasteiger partial charge in [-0.05, 0) is 60.7 Å². The summed E-state index contributed by atoms with van der Waals surface area (Å²) < 4.78 is 13.1. The molecule has 2 heterocycles. The molecule has 2 aromatic heterocycles. The molecule has 0 radical (unpaired) electrons. The number of anilines is 1. The molecular formula is C22H22FN5O2. The van der Waals surface area contributed by atoms with Crippen LogP contribution >= 0.6 is 0 Å². The van der Waals surface area contributed by atoms with E-state index in [1.54, 1.807) is 37.4 Å². The van der Waals surface area contributed by atoms with Gasteiger partial charge in [0.1, 0.15) is 23.4 Å². The predicted molar refractivity (Wildman–Crippen MR) is 111 cm³/mol. The number of hydrogen-bond acceptors (Lipinski definition) is 4. The Morgan fingerprint density at radius 3 is 2.73 bits per heavy atom.